The summed E-state index contributed by atoms with van der Waals surface area (Å²) in [7, 11) is 0. The van der Waals surface area contributed by atoms with E-state index in [0.717, 1.165) is 35.4 Å². The number of hydrogen-bond donors (Lipinski definition) is 1. The monoisotopic (exact) mass is 372 g/mol. The minimum Gasteiger partial charge on any atom is -0.489 e. The van der Waals surface area contributed by atoms with Gasteiger partial charge in [0.15, 0.2) is 6.10 Å². The molecule has 1 amide bonds. The SMILES string of the molecule is Cc1noc(C)c1COc1ccc(CC(=O)O[C@@H](C)C(=O)NC2CC2)cc1. The number of amides is 1. The Morgan fingerprint density at radius 2 is 1.96 bits per heavy atom. The highest BCUT2D eigenvalue weighted by Gasteiger charge is 2.27. The molecule has 27 heavy (non-hydrogen) atoms. The first kappa shape index (κ1) is 18.9. The molecular formula is C20H24N2O5. The van der Waals surface area contributed by atoms with Crippen LogP contribution in [0, 0.1) is 13.8 Å². The van der Waals surface area contributed by atoms with E-state index in [-0.39, 0.29) is 18.4 Å². The molecule has 3 rings (SSSR count). The molecule has 7 nitrogen and oxygen atoms in total. The average Bonchev–Trinajstić information content (AvgIpc) is 3.39. The van der Waals surface area contributed by atoms with Crippen molar-refractivity contribution in [3.05, 3.63) is 46.8 Å². The lowest BCUT2D eigenvalue weighted by Crippen LogP contribution is -2.37. The Balaban J connectivity index is 1.46. The van der Waals surface area contributed by atoms with Gasteiger partial charge in [0.05, 0.1) is 17.7 Å². The van der Waals surface area contributed by atoms with E-state index in [2.05, 4.69) is 10.5 Å². The van der Waals surface area contributed by atoms with Gasteiger partial charge in [0.2, 0.25) is 0 Å². The van der Waals surface area contributed by atoms with Crippen molar-refractivity contribution in [1.82, 2.24) is 10.5 Å². The highest BCUT2D eigenvalue weighted by Crippen LogP contribution is 2.19. The van der Waals surface area contributed by atoms with E-state index in [9.17, 15) is 9.59 Å². The molecule has 0 unspecified atom stereocenters. The van der Waals surface area contributed by atoms with E-state index < -0.39 is 12.1 Å². The third kappa shape index (κ3) is 5.32. The van der Waals surface area contributed by atoms with Crippen molar-refractivity contribution in [2.75, 3.05) is 0 Å². The van der Waals surface area contributed by atoms with Gasteiger partial charge in [-0.25, -0.2) is 0 Å². The molecule has 144 valence electrons. The molecular weight excluding hydrogens is 348 g/mol. The van der Waals surface area contributed by atoms with Crippen molar-refractivity contribution >= 4 is 11.9 Å². The fraction of sp³-hybridized carbons (Fsp3) is 0.450. The molecule has 1 aliphatic rings. The van der Waals surface area contributed by atoms with E-state index in [1.54, 1.807) is 31.2 Å². The molecule has 0 radical (unpaired) electrons. The van der Waals surface area contributed by atoms with Crippen LogP contribution in [0.4, 0.5) is 0 Å². The van der Waals surface area contributed by atoms with Crippen LogP contribution in [0.25, 0.3) is 0 Å². The van der Waals surface area contributed by atoms with Gasteiger partial charge >= 0.3 is 5.97 Å². The number of aromatic nitrogens is 1. The summed E-state index contributed by atoms with van der Waals surface area (Å²) in [6, 6.07) is 7.45. The molecule has 0 bridgehead atoms. The minimum atomic E-state index is -0.782. The van der Waals surface area contributed by atoms with Crippen LogP contribution >= 0.6 is 0 Å². The number of benzene rings is 1. The van der Waals surface area contributed by atoms with E-state index in [4.69, 9.17) is 14.0 Å². The second-order valence-electron chi connectivity index (χ2n) is 6.83. The van der Waals surface area contributed by atoms with Crippen LogP contribution in [-0.2, 0) is 27.4 Å². The summed E-state index contributed by atoms with van der Waals surface area (Å²) in [4.78, 5) is 23.8. The highest BCUT2D eigenvalue weighted by atomic mass is 16.5. The van der Waals surface area contributed by atoms with Crippen LogP contribution in [0.1, 0.15) is 42.3 Å². The minimum absolute atomic E-state index is 0.102. The Labute approximate surface area is 158 Å². The number of nitrogens with zero attached hydrogens (tertiary/aromatic N) is 1. The highest BCUT2D eigenvalue weighted by molar-refractivity contribution is 5.84. The second kappa shape index (κ2) is 8.24. The number of ether oxygens (including phenoxy) is 2. The number of carbonyl (C=O) groups is 2. The van der Waals surface area contributed by atoms with Crippen LogP contribution in [0.3, 0.4) is 0 Å². The molecule has 0 aliphatic heterocycles. The molecule has 2 aromatic rings. The molecule has 1 N–H and O–H groups in total. The van der Waals surface area contributed by atoms with Gasteiger partial charge in [-0.15, -0.1) is 0 Å². The lowest BCUT2D eigenvalue weighted by molar-refractivity contribution is -0.154. The molecule has 1 heterocycles. The van der Waals surface area contributed by atoms with E-state index >= 15 is 0 Å². The van der Waals surface area contributed by atoms with Gasteiger partial charge in [-0.1, -0.05) is 17.3 Å². The molecule has 1 fully saturated rings. The lowest BCUT2D eigenvalue weighted by atomic mass is 10.1. The van der Waals surface area contributed by atoms with Crippen molar-refractivity contribution in [3.63, 3.8) is 0 Å². The number of rotatable bonds is 8. The molecule has 1 aromatic carbocycles. The first-order chi connectivity index (χ1) is 12.9. The molecule has 1 atom stereocenters. The first-order valence-electron chi connectivity index (χ1n) is 9.05. The summed E-state index contributed by atoms with van der Waals surface area (Å²) < 4.78 is 16.0. The molecule has 1 saturated carbocycles. The largest absolute Gasteiger partial charge is 0.489 e. The fourth-order valence-electron chi connectivity index (χ4n) is 2.57. The van der Waals surface area contributed by atoms with E-state index in [1.165, 1.54) is 0 Å². The lowest BCUT2D eigenvalue weighted by Gasteiger charge is -2.13. The first-order valence-corrected chi connectivity index (χ1v) is 9.05. The third-order valence-corrected chi connectivity index (χ3v) is 4.44. The van der Waals surface area contributed by atoms with Gasteiger partial charge < -0.3 is 19.3 Å². The summed E-state index contributed by atoms with van der Waals surface area (Å²) in [6.45, 7) is 5.67. The molecule has 1 aromatic heterocycles. The van der Waals surface area contributed by atoms with E-state index in [0.29, 0.717) is 12.4 Å². The third-order valence-electron chi connectivity index (χ3n) is 4.44. The molecule has 7 heteroatoms. The van der Waals surface area contributed by atoms with Gasteiger partial charge in [0.25, 0.3) is 5.91 Å². The van der Waals surface area contributed by atoms with Gasteiger partial charge in [0, 0.05) is 6.04 Å². The summed E-state index contributed by atoms with van der Waals surface area (Å²) in [6.07, 6.45) is 1.31. The maximum absolute atomic E-state index is 12.0. The molecule has 0 spiro atoms. The predicted octanol–water partition coefficient (Wildman–Crippen LogP) is 2.62. The Hall–Kier alpha value is -2.83. The number of esters is 1. The summed E-state index contributed by atoms with van der Waals surface area (Å²) >= 11 is 0. The number of nitrogens with one attached hydrogen (secondary N) is 1. The van der Waals surface area contributed by atoms with Crippen molar-refractivity contribution in [2.24, 2.45) is 0 Å². The predicted molar refractivity (Wildman–Crippen MR) is 97.2 cm³/mol. The fourth-order valence-corrected chi connectivity index (χ4v) is 2.57. The quantitative estimate of drug-likeness (QED) is 0.717. The van der Waals surface area contributed by atoms with Gasteiger partial charge in [-0.05, 0) is 51.3 Å². The maximum atomic E-state index is 12.0. The summed E-state index contributed by atoms with van der Waals surface area (Å²) in [5, 5.41) is 6.72. The Morgan fingerprint density at radius 1 is 1.26 bits per heavy atom. The van der Waals surface area contributed by atoms with Crippen molar-refractivity contribution in [1.29, 1.82) is 0 Å². The molecule has 0 saturated heterocycles. The Bertz CT molecular complexity index is 789. The van der Waals surface area contributed by atoms with Crippen molar-refractivity contribution < 1.29 is 23.6 Å². The molecule has 1 aliphatic carbocycles. The standard InChI is InChI=1S/C20H24N2O5/c1-12-18(13(2)27-22-12)11-25-17-8-4-15(5-9-17)10-19(23)26-14(3)20(24)21-16-6-7-16/h4-5,8-9,14,16H,6-7,10-11H2,1-3H3,(H,21,24)/t14-/m0/s1. The van der Waals surface area contributed by atoms with E-state index in [1.807, 2.05) is 13.8 Å². The normalized spacial score (nSPS) is 14.5. The van der Waals surface area contributed by atoms with Crippen molar-refractivity contribution in [3.8, 4) is 5.75 Å². The Kier molecular flexibility index (Phi) is 5.78. The van der Waals surface area contributed by atoms with Gasteiger partial charge in [0.1, 0.15) is 18.1 Å². The van der Waals surface area contributed by atoms with Crippen LogP contribution in [0.5, 0.6) is 5.75 Å². The van der Waals surface area contributed by atoms with Crippen LogP contribution in [0.2, 0.25) is 0 Å². The smallest absolute Gasteiger partial charge is 0.311 e. The van der Waals surface area contributed by atoms with Crippen LogP contribution in [0.15, 0.2) is 28.8 Å². The topological polar surface area (TPSA) is 90.7 Å². The summed E-state index contributed by atoms with van der Waals surface area (Å²) in [5.74, 6) is 0.753. The number of hydrogen-bond acceptors (Lipinski definition) is 6. The number of carbonyl (C=O) groups excluding carboxylic acids is 2. The van der Waals surface area contributed by atoms with Crippen LogP contribution < -0.4 is 10.1 Å². The second-order valence-corrected chi connectivity index (χ2v) is 6.83. The zero-order valence-electron chi connectivity index (χ0n) is 15.8. The van der Waals surface area contributed by atoms with Crippen molar-refractivity contribution in [2.45, 2.75) is 58.8 Å². The summed E-state index contributed by atoms with van der Waals surface area (Å²) in [5.41, 5.74) is 2.53. The zero-order valence-corrected chi connectivity index (χ0v) is 15.8. The van der Waals surface area contributed by atoms with Gasteiger partial charge in [-0.2, -0.15) is 0 Å². The Morgan fingerprint density at radius 3 is 2.56 bits per heavy atom. The maximum Gasteiger partial charge on any atom is 0.311 e. The average molecular weight is 372 g/mol. The van der Waals surface area contributed by atoms with Crippen LogP contribution in [-0.4, -0.2) is 29.2 Å². The zero-order chi connectivity index (χ0) is 19.4. The number of aryl methyl sites for hydroxylation is 2. The van der Waals surface area contributed by atoms with Gasteiger partial charge in [-0.3, -0.25) is 9.59 Å².